The van der Waals surface area contributed by atoms with Crippen LogP contribution in [0, 0.1) is 0 Å². The number of nitrogens with zero attached hydrogens (tertiary/aromatic N) is 1. The molecule has 0 aromatic heterocycles. The Labute approximate surface area is 182 Å². The van der Waals surface area contributed by atoms with Crippen LogP contribution >= 0.6 is 0 Å². The highest BCUT2D eigenvalue weighted by Gasteiger charge is 2.19. The zero-order chi connectivity index (χ0) is 22.4. The van der Waals surface area contributed by atoms with Crippen LogP contribution in [0.25, 0.3) is 0 Å². The molecule has 3 rings (SSSR count). The van der Waals surface area contributed by atoms with Crippen molar-refractivity contribution in [2.24, 2.45) is 0 Å². The number of benzene rings is 3. The van der Waals surface area contributed by atoms with Gasteiger partial charge in [-0.1, -0.05) is 30.3 Å². The van der Waals surface area contributed by atoms with Crippen molar-refractivity contribution < 1.29 is 22.7 Å². The van der Waals surface area contributed by atoms with Gasteiger partial charge in [-0.05, 0) is 42.5 Å². The Morgan fingerprint density at radius 1 is 0.903 bits per heavy atom. The van der Waals surface area contributed by atoms with E-state index in [1.165, 1.54) is 23.1 Å². The summed E-state index contributed by atoms with van der Waals surface area (Å²) in [6, 6.07) is 19.8. The number of amides is 1. The first-order valence-corrected chi connectivity index (χ1v) is 11.0. The number of anilines is 1. The van der Waals surface area contributed by atoms with Crippen molar-refractivity contribution in [3.05, 3.63) is 83.9 Å². The van der Waals surface area contributed by atoms with Gasteiger partial charge >= 0.3 is 0 Å². The van der Waals surface area contributed by atoms with Crippen LogP contribution in [0.4, 0.5) is 5.69 Å². The standard InChI is InChI=1S/C23H24N2O5S/c1-25(16-20-21(29-2)13-8-14-22(20)30-3)23(26)17-9-7-10-18(15-17)24-31(27,28)19-11-5-4-6-12-19/h4-15,24H,16H2,1-3H3. The SMILES string of the molecule is COc1cccc(OC)c1CN(C)C(=O)c1cccc(NS(=O)(=O)c2ccccc2)c1. The Morgan fingerprint density at radius 2 is 1.52 bits per heavy atom. The number of hydrogen-bond acceptors (Lipinski definition) is 5. The van der Waals surface area contributed by atoms with E-state index in [0.29, 0.717) is 22.7 Å². The number of ether oxygens (including phenoxy) is 2. The minimum Gasteiger partial charge on any atom is -0.496 e. The average molecular weight is 441 g/mol. The van der Waals surface area contributed by atoms with E-state index in [9.17, 15) is 13.2 Å². The molecule has 0 aliphatic carbocycles. The number of methoxy groups -OCH3 is 2. The van der Waals surface area contributed by atoms with Crippen LogP contribution in [-0.4, -0.2) is 40.5 Å². The van der Waals surface area contributed by atoms with E-state index < -0.39 is 10.0 Å². The summed E-state index contributed by atoms with van der Waals surface area (Å²) in [5.74, 6) is 0.959. The third-order valence-corrected chi connectivity index (χ3v) is 6.08. The van der Waals surface area contributed by atoms with E-state index in [0.717, 1.165) is 5.56 Å². The molecule has 1 N–H and O–H groups in total. The summed E-state index contributed by atoms with van der Waals surface area (Å²) in [7, 11) is 1.03. The fraction of sp³-hybridized carbons (Fsp3) is 0.174. The first-order chi connectivity index (χ1) is 14.9. The maximum atomic E-state index is 13.0. The second-order valence-corrected chi connectivity index (χ2v) is 8.48. The number of carbonyl (C=O) groups is 1. The van der Waals surface area contributed by atoms with Crippen LogP contribution in [0.2, 0.25) is 0 Å². The molecule has 0 atom stereocenters. The zero-order valence-corrected chi connectivity index (χ0v) is 18.3. The maximum Gasteiger partial charge on any atom is 0.261 e. The predicted molar refractivity (Wildman–Crippen MR) is 119 cm³/mol. The Bertz CT molecular complexity index is 1140. The van der Waals surface area contributed by atoms with Gasteiger partial charge in [0.15, 0.2) is 0 Å². The normalized spacial score (nSPS) is 10.9. The molecule has 3 aromatic carbocycles. The molecule has 0 saturated carbocycles. The summed E-state index contributed by atoms with van der Waals surface area (Å²) in [5.41, 5.74) is 1.40. The minimum absolute atomic E-state index is 0.145. The number of sulfonamides is 1. The molecule has 0 aliphatic rings. The van der Waals surface area contributed by atoms with Gasteiger partial charge in [-0.15, -0.1) is 0 Å². The van der Waals surface area contributed by atoms with Crippen molar-refractivity contribution in [1.82, 2.24) is 4.90 Å². The molecule has 0 spiro atoms. The summed E-state index contributed by atoms with van der Waals surface area (Å²) >= 11 is 0. The Hall–Kier alpha value is -3.52. The van der Waals surface area contributed by atoms with Crippen LogP contribution in [0.1, 0.15) is 15.9 Å². The summed E-state index contributed by atoms with van der Waals surface area (Å²) in [6.45, 7) is 0.256. The molecule has 1 amide bonds. The van der Waals surface area contributed by atoms with E-state index in [2.05, 4.69) is 4.72 Å². The largest absolute Gasteiger partial charge is 0.496 e. The van der Waals surface area contributed by atoms with Gasteiger partial charge in [0.1, 0.15) is 11.5 Å². The van der Waals surface area contributed by atoms with Gasteiger partial charge in [-0.25, -0.2) is 8.42 Å². The molecule has 0 unspecified atom stereocenters. The van der Waals surface area contributed by atoms with Crippen LogP contribution < -0.4 is 14.2 Å². The number of carbonyl (C=O) groups excluding carboxylic acids is 1. The van der Waals surface area contributed by atoms with Crippen molar-refractivity contribution in [3.8, 4) is 11.5 Å². The van der Waals surface area contributed by atoms with Crippen molar-refractivity contribution in [2.75, 3.05) is 26.0 Å². The number of nitrogens with one attached hydrogen (secondary N) is 1. The molecule has 0 heterocycles. The van der Waals surface area contributed by atoms with Gasteiger partial charge in [-0.2, -0.15) is 0 Å². The molecule has 3 aromatic rings. The van der Waals surface area contributed by atoms with Crippen LogP contribution in [0.5, 0.6) is 11.5 Å². The maximum absolute atomic E-state index is 13.0. The Kier molecular flexibility index (Phi) is 6.81. The average Bonchev–Trinajstić information content (AvgIpc) is 2.79. The summed E-state index contributed by atoms with van der Waals surface area (Å²) in [6.07, 6.45) is 0. The smallest absolute Gasteiger partial charge is 0.261 e. The molecule has 162 valence electrons. The highest BCUT2D eigenvalue weighted by Crippen LogP contribution is 2.29. The van der Waals surface area contributed by atoms with Crippen LogP contribution in [0.15, 0.2) is 77.7 Å². The second kappa shape index (κ2) is 9.53. The van der Waals surface area contributed by atoms with Gasteiger partial charge in [0.05, 0.1) is 31.2 Å². The molecule has 31 heavy (non-hydrogen) atoms. The first-order valence-electron chi connectivity index (χ1n) is 9.49. The van der Waals surface area contributed by atoms with E-state index in [1.54, 1.807) is 69.8 Å². The summed E-state index contributed by atoms with van der Waals surface area (Å²) in [5, 5.41) is 0. The lowest BCUT2D eigenvalue weighted by Gasteiger charge is -2.21. The molecule has 0 saturated heterocycles. The second-order valence-electron chi connectivity index (χ2n) is 6.80. The molecule has 0 aliphatic heterocycles. The first kappa shape index (κ1) is 22.2. The summed E-state index contributed by atoms with van der Waals surface area (Å²) < 4.78 is 38.4. The van der Waals surface area contributed by atoms with Gasteiger partial charge in [0.25, 0.3) is 15.9 Å². The quantitative estimate of drug-likeness (QED) is 0.576. The highest BCUT2D eigenvalue weighted by molar-refractivity contribution is 7.92. The van der Waals surface area contributed by atoms with E-state index in [1.807, 2.05) is 6.07 Å². The topological polar surface area (TPSA) is 84.9 Å². The third kappa shape index (κ3) is 5.16. The van der Waals surface area contributed by atoms with Crippen LogP contribution in [0.3, 0.4) is 0 Å². The van der Waals surface area contributed by atoms with E-state index >= 15 is 0 Å². The molecule has 8 heteroatoms. The van der Waals surface area contributed by atoms with Gasteiger partial charge in [0, 0.05) is 18.3 Å². The van der Waals surface area contributed by atoms with Crippen molar-refractivity contribution >= 4 is 21.6 Å². The lowest BCUT2D eigenvalue weighted by Crippen LogP contribution is -2.26. The highest BCUT2D eigenvalue weighted by atomic mass is 32.2. The molecule has 0 fully saturated rings. The van der Waals surface area contributed by atoms with Crippen molar-refractivity contribution in [2.45, 2.75) is 11.4 Å². The van der Waals surface area contributed by atoms with Gasteiger partial charge in [0.2, 0.25) is 0 Å². The molecule has 0 bridgehead atoms. The van der Waals surface area contributed by atoms with E-state index in [-0.39, 0.29) is 17.3 Å². The lowest BCUT2D eigenvalue weighted by molar-refractivity contribution is 0.0783. The van der Waals surface area contributed by atoms with E-state index in [4.69, 9.17) is 9.47 Å². The Balaban J connectivity index is 1.81. The fourth-order valence-electron chi connectivity index (χ4n) is 3.14. The van der Waals surface area contributed by atoms with Gasteiger partial charge in [-0.3, -0.25) is 9.52 Å². The fourth-order valence-corrected chi connectivity index (χ4v) is 4.21. The molecular weight excluding hydrogens is 416 g/mol. The molecule has 0 radical (unpaired) electrons. The summed E-state index contributed by atoms with van der Waals surface area (Å²) in [4.78, 5) is 14.7. The third-order valence-electron chi connectivity index (χ3n) is 4.69. The Morgan fingerprint density at radius 3 is 2.13 bits per heavy atom. The van der Waals surface area contributed by atoms with Crippen LogP contribution in [-0.2, 0) is 16.6 Å². The minimum atomic E-state index is -3.75. The number of hydrogen-bond donors (Lipinski definition) is 1. The predicted octanol–water partition coefficient (Wildman–Crippen LogP) is 3.78. The molecular formula is C23H24N2O5S. The molecule has 7 nitrogen and oxygen atoms in total. The van der Waals surface area contributed by atoms with Crippen molar-refractivity contribution in [3.63, 3.8) is 0 Å². The van der Waals surface area contributed by atoms with Crippen molar-refractivity contribution in [1.29, 1.82) is 0 Å². The van der Waals surface area contributed by atoms with Gasteiger partial charge < -0.3 is 14.4 Å². The lowest BCUT2D eigenvalue weighted by atomic mass is 10.1. The number of rotatable bonds is 8. The monoisotopic (exact) mass is 440 g/mol. The zero-order valence-electron chi connectivity index (χ0n) is 17.5.